The molecule has 2 aromatic rings. The number of hydrogen-bond acceptors (Lipinski definition) is 2. The van der Waals surface area contributed by atoms with Crippen LogP contribution < -0.4 is 0 Å². The smallest absolute Gasteiger partial charge is 0.335 e. The van der Waals surface area contributed by atoms with Crippen LogP contribution in [0.1, 0.15) is 72.4 Å². The van der Waals surface area contributed by atoms with E-state index in [1.54, 1.807) is 11.1 Å². The number of benzene rings is 2. The van der Waals surface area contributed by atoms with Crippen molar-refractivity contribution in [1.82, 2.24) is 0 Å². The minimum Gasteiger partial charge on any atom is -0.478 e. The summed E-state index contributed by atoms with van der Waals surface area (Å²) in [6.45, 7) is 9.45. The quantitative estimate of drug-likeness (QED) is 0.785. The normalized spacial score (nSPS) is 16.6. The van der Waals surface area contributed by atoms with E-state index in [2.05, 4.69) is 52.0 Å². The number of carboxylic acids is 2. The minimum absolute atomic E-state index is 0.0833. The lowest BCUT2D eigenvalue weighted by atomic mass is 9.63. The van der Waals surface area contributed by atoms with Crippen molar-refractivity contribution >= 4 is 11.9 Å². The maximum absolute atomic E-state index is 10.3. The molecule has 0 atom stereocenters. The largest absolute Gasteiger partial charge is 0.478 e. The number of hydrogen-bond donors (Lipinski definition) is 2. The molecule has 0 fully saturated rings. The molecule has 0 spiro atoms. The molecule has 0 heterocycles. The molecule has 3 rings (SSSR count). The standard InChI is InChI=1S/C14H20.C8H6O4/c1-13(2)9-10-14(3,4)12-8-6-5-7-11(12)13;9-7(10)5-1-2-6(4-3-5)8(11)12/h5-8H,9-10H2,1-4H3;1-4H,(H,9,10)(H,11,12). The second-order valence-corrected chi connectivity index (χ2v) is 8.00. The summed E-state index contributed by atoms with van der Waals surface area (Å²) in [6.07, 6.45) is 2.61. The van der Waals surface area contributed by atoms with Crippen LogP contribution in [-0.4, -0.2) is 22.2 Å². The van der Waals surface area contributed by atoms with Crippen LogP contribution in [0.5, 0.6) is 0 Å². The van der Waals surface area contributed by atoms with Crippen molar-refractivity contribution in [2.45, 2.75) is 51.4 Å². The van der Waals surface area contributed by atoms with Gasteiger partial charge in [0.15, 0.2) is 0 Å². The fourth-order valence-electron chi connectivity index (χ4n) is 3.31. The molecule has 0 aromatic heterocycles. The lowest BCUT2D eigenvalue weighted by Gasteiger charge is -2.41. The maximum Gasteiger partial charge on any atom is 0.335 e. The molecule has 138 valence electrons. The predicted octanol–water partition coefficient (Wildman–Crippen LogP) is 5.12. The Balaban J connectivity index is 0.000000190. The fourth-order valence-corrected chi connectivity index (χ4v) is 3.31. The van der Waals surface area contributed by atoms with Gasteiger partial charge in [0, 0.05) is 0 Å². The third-order valence-electron chi connectivity index (χ3n) is 5.14. The lowest BCUT2D eigenvalue weighted by Crippen LogP contribution is -2.33. The highest BCUT2D eigenvalue weighted by Gasteiger charge is 2.36. The zero-order valence-corrected chi connectivity index (χ0v) is 15.7. The van der Waals surface area contributed by atoms with Gasteiger partial charge in [-0.05, 0) is 59.1 Å². The summed E-state index contributed by atoms with van der Waals surface area (Å²) in [7, 11) is 0. The molecule has 0 radical (unpaired) electrons. The first-order chi connectivity index (χ1) is 12.0. The Labute approximate surface area is 154 Å². The highest BCUT2D eigenvalue weighted by Crippen LogP contribution is 2.45. The van der Waals surface area contributed by atoms with Crippen molar-refractivity contribution in [2.24, 2.45) is 0 Å². The van der Waals surface area contributed by atoms with Gasteiger partial charge in [-0.3, -0.25) is 0 Å². The van der Waals surface area contributed by atoms with Crippen LogP contribution in [0.2, 0.25) is 0 Å². The molecule has 4 heteroatoms. The molecule has 0 unspecified atom stereocenters. The van der Waals surface area contributed by atoms with Crippen molar-refractivity contribution in [1.29, 1.82) is 0 Å². The van der Waals surface area contributed by atoms with Crippen molar-refractivity contribution in [3.8, 4) is 0 Å². The summed E-state index contributed by atoms with van der Waals surface area (Å²) in [5, 5.41) is 16.9. The number of rotatable bonds is 2. The molecule has 4 nitrogen and oxygen atoms in total. The Morgan fingerprint density at radius 1 is 0.692 bits per heavy atom. The first-order valence-electron chi connectivity index (χ1n) is 8.71. The van der Waals surface area contributed by atoms with E-state index >= 15 is 0 Å². The van der Waals surface area contributed by atoms with Gasteiger partial charge < -0.3 is 10.2 Å². The molecule has 2 aromatic carbocycles. The minimum atomic E-state index is -1.06. The SMILES string of the molecule is CC1(C)CCC(C)(C)c2ccccc21.O=C(O)c1ccc(C(=O)O)cc1. The monoisotopic (exact) mass is 354 g/mol. The van der Waals surface area contributed by atoms with Gasteiger partial charge in [-0.1, -0.05) is 52.0 Å². The van der Waals surface area contributed by atoms with Crippen molar-refractivity contribution in [3.63, 3.8) is 0 Å². The number of fused-ring (bicyclic) bond motifs is 1. The molecular formula is C22H26O4. The van der Waals surface area contributed by atoms with Gasteiger partial charge in [-0.2, -0.15) is 0 Å². The van der Waals surface area contributed by atoms with E-state index in [-0.39, 0.29) is 11.1 Å². The second kappa shape index (κ2) is 7.32. The predicted molar refractivity (Wildman–Crippen MR) is 102 cm³/mol. The first-order valence-corrected chi connectivity index (χ1v) is 8.71. The zero-order chi connectivity index (χ0) is 19.5. The average Bonchev–Trinajstić information content (AvgIpc) is 2.60. The Kier molecular flexibility index (Phi) is 5.55. The van der Waals surface area contributed by atoms with E-state index in [0.717, 1.165) is 0 Å². The molecule has 0 aliphatic heterocycles. The van der Waals surface area contributed by atoms with E-state index in [9.17, 15) is 9.59 Å². The van der Waals surface area contributed by atoms with Crippen LogP contribution in [0.4, 0.5) is 0 Å². The third kappa shape index (κ3) is 4.31. The molecule has 1 aliphatic carbocycles. The molecule has 0 saturated carbocycles. The Morgan fingerprint density at radius 3 is 1.27 bits per heavy atom. The molecule has 0 saturated heterocycles. The van der Waals surface area contributed by atoms with Crippen LogP contribution in [0.3, 0.4) is 0 Å². The van der Waals surface area contributed by atoms with Gasteiger partial charge in [0.2, 0.25) is 0 Å². The van der Waals surface area contributed by atoms with Crippen LogP contribution >= 0.6 is 0 Å². The van der Waals surface area contributed by atoms with Crippen LogP contribution in [-0.2, 0) is 10.8 Å². The highest BCUT2D eigenvalue weighted by atomic mass is 16.4. The van der Waals surface area contributed by atoms with Gasteiger partial charge in [0.1, 0.15) is 0 Å². The van der Waals surface area contributed by atoms with E-state index in [1.165, 1.54) is 37.1 Å². The zero-order valence-electron chi connectivity index (χ0n) is 15.7. The maximum atomic E-state index is 10.3. The van der Waals surface area contributed by atoms with Crippen molar-refractivity contribution in [3.05, 3.63) is 70.8 Å². The van der Waals surface area contributed by atoms with Crippen LogP contribution in [0.15, 0.2) is 48.5 Å². The van der Waals surface area contributed by atoms with Gasteiger partial charge in [0.05, 0.1) is 11.1 Å². The molecule has 1 aliphatic rings. The number of aromatic carboxylic acids is 2. The van der Waals surface area contributed by atoms with E-state index in [0.29, 0.717) is 10.8 Å². The molecule has 2 N–H and O–H groups in total. The molecule has 0 amide bonds. The number of carboxylic acid groups (broad SMARTS) is 2. The summed E-state index contributed by atoms with van der Waals surface area (Å²) < 4.78 is 0. The average molecular weight is 354 g/mol. The Bertz CT molecular complexity index is 733. The van der Waals surface area contributed by atoms with E-state index < -0.39 is 11.9 Å². The first kappa shape index (κ1) is 19.7. The van der Waals surface area contributed by atoms with Crippen LogP contribution in [0, 0.1) is 0 Å². The van der Waals surface area contributed by atoms with Crippen molar-refractivity contribution in [2.75, 3.05) is 0 Å². The Hall–Kier alpha value is -2.62. The van der Waals surface area contributed by atoms with Gasteiger partial charge in [0.25, 0.3) is 0 Å². The van der Waals surface area contributed by atoms with Crippen LogP contribution in [0.25, 0.3) is 0 Å². The van der Waals surface area contributed by atoms with Gasteiger partial charge in [-0.15, -0.1) is 0 Å². The topological polar surface area (TPSA) is 74.6 Å². The summed E-state index contributed by atoms with van der Waals surface area (Å²) in [4.78, 5) is 20.7. The Morgan fingerprint density at radius 2 is 1.00 bits per heavy atom. The summed E-state index contributed by atoms with van der Waals surface area (Å²) in [6, 6.07) is 14.0. The van der Waals surface area contributed by atoms with E-state index in [4.69, 9.17) is 10.2 Å². The second-order valence-electron chi connectivity index (χ2n) is 8.00. The molecule has 26 heavy (non-hydrogen) atoms. The summed E-state index contributed by atoms with van der Waals surface area (Å²) >= 11 is 0. The summed E-state index contributed by atoms with van der Waals surface area (Å²) in [5.41, 5.74) is 4.01. The summed E-state index contributed by atoms with van der Waals surface area (Å²) in [5.74, 6) is -2.13. The highest BCUT2D eigenvalue weighted by molar-refractivity contribution is 5.91. The van der Waals surface area contributed by atoms with Crippen molar-refractivity contribution < 1.29 is 19.8 Å². The lowest BCUT2D eigenvalue weighted by molar-refractivity contribution is 0.0681. The van der Waals surface area contributed by atoms with Gasteiger partial charge >= 0.3 is 11.9 Å². The van der Waals surface area contributed by atoms with Gasteiger partial charge in [-0.25, -0.2) is 9.59 Å². The molecule has 0 bridgehead atoms. The van der Waals surface area contributed by atoms with E-state index in [1.807, 2.05) is 0 Å². The number of carbonyl (C=O) groups is 2. The fraction of sp³-hybridized carbons (Fsp3) is 0.364. The molecular weight excluding hydrogens is 328 g/mol. The third-order valence-corrected chi connectivity index (χ3v) is 5.14.